The molecule has 0 spiro atoms. The Labute approximate surface area is 439 Å². The van der Waals surface area contributed by atoms with Gasteiger partial charge in [-0.05, 0) is 50.4 Å². The van der Waals surface area contributed by atoms with Crippen molar-refractivity contribution in [2.24, 2.45) is 11.8 Å². The molecule has 0 bridgehead atoms. The Bertz CT molecular complexity index is 1190. The predicted molar refractivity (Wildman–Crippen MR) is 301 cm³/mol. The van der Waals surface area contributed by atoms with Crippen molar-refractivity contribution in [2.75, 3.05) is 11.5 Å². The zero-order valence-electron chi connectivity index (χ0n) is 45.7. The van der Waals surface area contributed by atoms with Gasteiger partial charge in [0.2, 0.25) is 0 Å². The summed E-state index contributed by atoms with van der Waals surface area (Å²) in [4.78, 5) is 45.7. The second-order valence-corrected chi connectivity index (χ2v) is 25.1. The fourth-order valence-electron chi connectivity index (χ4n) is 11.8. The molecule has 2 aliphatic carbocycles. The van der Waals surface area contributed by atoms with Crippen LogP contribution in [0.1, 0.15) is 322 Å². The van der Waals surface area contributed by atoms with Crippen molar-refractivity contribution in [3.05, 3.63) is 0 Å². The van der Waals surface area contributed by atoms with E-state index in [1.807, 2.05) is 0 Å². The van der Waals surface area contributed by atoms with Crippen LogP contribution in [0, 0.1) is 11.8 Å². The quantitative estimate of drug-likeness (QED) is 0.0434. The molecule has 0 amide bonds. The highest BCUT2D eigenvalue weighted by atomic mass is 32.2. The lowest BCUT2D eigenvalue weighted by molar-refractivity contribution is -0.139. The van der Waals surface area contributed by atoms with Crippen molar-refractivity contribution in [3.8, 4) is 0 Å². The van der Waals surface area contributed by atoms with Gasteiger partial charge in [-0.1, -0.05) is 258 Å². The number of aliphatic carboxylic acids is 4. The average molecular weight is 1030 g/mol. The lowest BCUT2D eigenvalue weighted by Gasteiger charge is -2.48. The second-order valence-electron chi connectivity index (χ2n) is 22.0. The molecule has 0 unspecified atom stereocenters. The van der Waals surface area contributed by atoms with Crippen molar-refractivity contribution >= 4 is 47.4 Å². The first-order valence-corrected chi connectivity index (χ1v) is 32.1. The summed E-state index contributed by atoms with van der Waals surface area (Å²) in [6, 6.07) is 0. The Balaban J connectivity index is 0.000000879. The summed E-state index contributed by atoms with van der Waals surface area (Å²) >= 11 is 3.32. The van der Waals surface area contributed by atoms with E-state index >= 15 is 0 Å². The van der Waals surface area contributed by atoms with Gasteiger partial charge in [-0.25, -0.2) is 0 Å². The molecular formula is C60H112O8S2. The van der Waals surface area contributed by atoms with E-state index in [2.05, 4.69) is 13.8 Å². The van der Waals surface area contributed by atoms with E-state index in [-0.39, 0.29) is 35.2 Å². The van der Waals surface area contributed by atoms with Crippen molar-refractivity contribution in [1.29, 1.82) is 0 Å². The van der Waals surface area contributed by atoms with Gasteiger partial charge < -0.3 is 20.4 Å². The van der Waals surface area contributed by atoms with Gasteiger partial charge in [-0.15, -0.1) is 0 Å². The maximum absolute atomic E-state index is 11.9. The molecule has 0 aliphatic heterocycles. The monoisotopic (exact) mass is 1020 g/mol. The molecule has 0 radical (unpaired) electrons. The van der Waals surface area contributed by atoms with Crippen LogP contribution < -0.4 is 0 Å². The number of hydrogen-bond acceptors (Lipinski definition) is 6. The van der Waals surface area contributed by atoms with Crippen LogP contribution in [0.5, 0.6) is 0 Å². The van der Waals surface area contributed by atoms with Crippen molar-refractivity contribution in [1.82, 2.24) is 0 Å². The molecule has 70 heavy (non-hydrogen) atoms. The number of rotatable bonds is 48. The molecule has 0 aromatic rings. The number of carbonyl (C=O) groups is 4. The summed E-state index contributed by atoms with van der Waals surface area (Å²) in [5.41, 5.74) is 0. The van der Waals surface area contributed by atoms with Gasteiger partial charge >= 0.3 is 23.9 Å². The molecule has 2 rings (SSSR count). The largest absolute Gasteiger partial charge is 0.481 e. The number of hydrogen-bond donors (Lipinski definition) is 4. The van der Waals surface area contributed by atoms with Gasteiger partial charge in [0.25, 0.3) is 0 Å². The van der Waals surface area contributed by atoms with E-state index in [0.717, 1.165) is 64.2 Å². The summed E-state index contributed by atoms with van der Waals surface area (Å²) < 4.78 is -0.560. The van der Waals surface area contributed by atoms with Crippen molar-refractivity contribution in [2.45, 2.75) is 332 Å². The van der Waals surface area contributed by atoms with Gasteiger partial charge in [0.1, 0.15) is 0 Å². The number of unbranched alkanes of at least 4 members (excludes halogenated alkanes) is 30. The van der Waals surface area contributed by atoms with Crippen LogP contribution in [0.4, 0.5) is 0 Å². The van der Waals surface area contributed by atoms with Gasteiger partial charge in [-0.2, -0.15) is 23.5 Å². The van der Waals surface area contributed by atoms with Crippen molar-refractivity contribution in [3.63, 3.8) is 0 Å². The van der Waals surface area contributed by atoms with Crippen LogP contribution in [-0.4, -0.2) is 65.3 Å². The lowest BCUT2D eigenvalue weighted by atomic mass is 9.67. The zero-order valence-corrected chi connectivity index (χ0v) is 47.4. The molecule has 0 aromatic heterocycles. The highest BCUT2D eigenvalue weighted by Gasteiger charge is 2.47. The minimum atomic E-state index is -0.786. The minimum Gasteiger partial charge on any atom is -0.481 e. The number of carboxylic acids is 4. The van der Waals surface area contributed by atoms with Gasteiger partial charge in [-0.3, -0.25) is 19.2 Å². The molecule has 0 atom stereocenters. The zero-order chi connectivity index (χ0) is 51.2. The summed E-state index contributed by atoms with van der Waals surface area (Å²) in [5.74, 6) is -1.09. The molecule has 4 N–H and O–H groups in total. The van der Waals surface area contributed by atoms with Gasteiger partial charge in [0, 0.05) is 21.0 Å². The fourth-order valence-corrected chi connectivity index (χ4v) is 15.1. The van der Waals surface area contributed by atoms with Gasteiger partial charge in [0.15, 0.2) is 0 Å². The van der Waals surface area contributed by atoms with E-state index in [4.69, 9.17) is 5.11 Å². The summed E-state index contributed by atoms with van der Waals surface area (Å²) in [6.07, 6.45) is 57.0. The Kier molecular flexibility index (Phi) is 43.9. The minimum absolute atomic E-state index is 0.115. The van der Waals surface area contributed by atoms with E-state index < -0.39 is 23.9 Å². The van der Waals surface area contributed by atoms with Crippen LogP contribution in [0.15, 0.2) is 0 Å². The molecule has 2 fully saturated rings. The lowest BCUT2D eigenvalue weighted by Crippen LogP contribution is -2.46. The molecule has 0 aromatic carbocycles. The number of thioether (sulfide) groups is 2. The maximum Gasteiger partial charge on any atom is 0.304 e. The first-order chi connectivity index (χ1) is 34.0. The van der Waals surface area contributed by atoms with E-state index in [0.29, 0.717) is 23.3 Å². The fraction of sp³-hybridized carbons (Fsp3) is 0.933. The highest BCUT2D eigenvalue weighted by molar-refractivity contribution is 8.01. The molecule has 10 heteroatoms. The standard InChI is InChI=1S/C42H82O4S.C18H30O4S/c1-3-5-7-9-11-13-15-17-19-21-23-25-27-29-31-33-36-42(39-41(45)46,47-38-35-40(43)44)37-34-32-30-28-26-24-22-20-18-16-14-12-10-8-6-4-2;19-16(20)11-12-23-18(13-17(21)22,14-7-3-1-4-8-14)15-9-5-2-6-10-15/h3-39H2,1-2H3,(H,43,44)(H,45,46);14-15H,1-13H2,(H,19,20)(H,21,22). The third-order valence-electron chi connectivity index (χ3n) is 15.9. The first kappa shape index (κ1) is 66.6. The van der Waals surface area contributed by atoms with Crippen LogP contribution in [0.2, 0.25) is 0 Å². The molecule has 0 saturated heterocycles. The maximum atomic E-state index is 11.9. The molecule has 2 aliphatic rings. The Hall–Kier alpha value is -1.42. The van der Waals surface area contributed by atoms with Crippen LogP contribution in [-0.2, 0) is 19.2 Å². The van der Waals surface area contributed by atoms with Crippen molar-refractivity contribution < 1.29 is 39.6 Å². The van der Waals surface area contributed by atoms with Crippen LogP contribution >= 0.6 is 23.5 Å². The smallest absolute Gasteiger partial charge is 0.304 e. The second kappa shape index (κ2) is 46.1. The molecule has 412 valence electrons. The number of carboxylic acid groups (broad SMARTS) is 4. The van der Waals surface area contributed by atoms with E-state index in [1.165, 1.54) is 218 Å². The Morgan fingerprint density at radius 1 is 0.357 bits per heavy atom. The third-order valence-corrected chi connectivity index (χ3v) is 19.2. The summed E-state index contributed by atoms with van der Waals surface area (Å²) in [7, 11) is 0. The first-order valence-electron chi connectivity index (χ1n) is 30.1. The van der Waals surface area contributed by atoms with Gasteiger partial charge in [0.05, 0.1) is 25.7 Å². The van der Waals surface area contributed by atoms with Crippen LogP contribution in [0.25, 0.3) is 0 Å². The molecule has 8 nitrogen and oxygen atoms in total. The normalized spacial score (nSPS) is 14.9. The molecule has 0 heterocycles. The predicted octanol–water partition coefficient (Wildman–Crippen LogP) is 19.3. The molecular weight excluding hydrogens is 913 g/mol. The van der Waals surface area contributed by atoms with E-state index in [9.17, 15) is 34.5 Å². The third kappa shape index (κ3) is 36.5. The Morgan fingerprint density at radius 2 is 0.629 bits per heavy atom. The SMILES string of the molecule is CCCCCCCCCCCCCCCCCCC(CCCCCCCCCCCCCCCCCC)(CC(=O)O)SCCC(=O)O.O=C(O)CCSC(CC(=O)O)(C1CCCCC1)C1CCCCC1. The average Bonchev–Trinajstić information content (AvgIpc) is 3.33. The topological polar surface area (TPSA) is 149 Å². The van der Waals surface area contributed by atoms with Crippen LogP contribution in [0.3, 0.4) is 0 Å². The Morgan fingerprint density at radius 3 is 0.900 bits per heavy atom. The van der Waals surface area contributed by atoms with E-state index in [1.54, 1.807) is 23.5 Å². The molecule has 2 saturated carbocycles. The summed E-state index contributed by atoms with van der Waals surface area (Å²) in [5, 5.41) is 37.6. The highest BCUT2D eigenvalue weighted by Crippen LogP contribution is 2.53. The summed E-state index contributed by atoms with van der Waals surface area (Å²) in [6.45, 7) is 4.56.